The topological polar surface area (TPSA) is 73.1 Å². The van der Waals surface area contributed by atoms with Crippen LogP contribution in [0.3, 0.4) is 0 Å². The molecule has 2 rings (SSSR count). The van der Waals surface area contributed by atoms with E-state index >= 15 is 0 Å². The summed E-state index contributed by atoms with van der Waals surface area (Å²) in [4.78, 5) is 11.7. The number of carbonyl (C=O) groups excluding carboxylic acids is 1. The summed E-state index contributed by atoms with van der Waals surface area (Å²) in [6.45, 7) is 0.300. The highest BCUT2D eigenvalue weighted by Crippen LogP contribution is 2.28. The van der Waals surface area contributed by atoms with Crippen LogP contribution in [0, 0.1) is 11.3 Å². The number of nitriles is 1. The minimum Gasteiger partial charge on any atom is -0.388 e. The minimum atomic E-state index is -0.732. The molecule has 0 atom stereocenters. The second-order valence-corrected chi connectivity index (χ2v) is 5.22. The summed E-state index contributed by atoms with van der Waals surface area (Å²) in [6.07, 6.45) is 6.62. The van der Waals surface area contributed by atoms with Crippen molar-refractivity contribution in [1.82, 2.24) is 5.32 Å². The Balaban J connectivity index is 1.87. The lowest BCUT2D eigenvalue weighted by Gasteiger charge is -2.21. The van der Waals surface area contributed by atoms with Crippen molar-refractivity contribution < 1.29 is 9.90 Å². The predicted octanol–water partition coefficient (Wildman–Crippen LogP) is 1.99. The van der Waals surface area contributed by atoms with Gasteiger partial charge in [0.15, 0.2) is 0 Å². The number of benzene rings is 1. The van der Waals surface area contributed by atoms with Crippen molar-refractivity contribution >= 4 is 12.0 Å². The van der Waals surface area contributed by atoms with Crippen LogP contribution in [0.15, 0.2) is 30.3 Å². The third-order valence-corrected chi connectivity index (χ3v) is 3.57. The number of hydrogen-bond acceptors (Lipinski definition) is 3. The summed E-state index contributed by atoms with van der Waals surface area (Å²) in [5.74, 6) is -0.229. The smallest absolute Gasteiger partial charge is 0.244 e. The molecule has 4 nitrogen and oxygen atoms in total. The van der Waals surface area contributed by atoms with Gasteiger partial charge in [-0.2, -0.15) is 5.26 Å². The number of carbonyl (C=O) groups is 1. The standard InChI is InChI=1S/C16H18N2O2/c17-11-14-5-3-4-13(10-14)6-7-15(19)18-12-16(20)8-1-2-9-16/h3-7,10,20H,1-2,8-9,12H2,(H,18,19)/b7-6+. The quantitative estimate of drug-likeness (QED) is 0.822. The predicted molar refractivity (Wildman–Crippen MR) is 76.6 cm³/mol. The van der Waals surface area contributed by atoms with E-state index in [1.807, 2.05) is 6.07 Å². The highest BCUT2D eigenvalue weighted by atomic mass is 16.3. The summed E-state index contributed by atoms with van der Waals surface area (Å²) in [6, 6.07) is 9.09. The van der Waals surface area contributed by atoms with Gasteiger partial charge in [-0.15, -0.1) is 0 Å². The second kappa shape index (κ2) is 6.36. The largest absolute Gasteiger partial charge is 0.388 e. The lowest BCUT2D eigenvalue weighted by molar-refractivity contribution is -0.117. The molecule has 0 spiro atoms. The summed E-state index contributed by atoms with van der Waals surface area (Å²) in [7, 11) is 0. The zero-order valence-electron chi connectivity index (χ0n) is 11.3. The molecule has 1 aliphatic carbocycles. The van der Waals surface area contributed by atoms with Crippen molar-refractivity contribution in [1.29, 1.82) is 5.26 Å². The van der Waals surface area contributed by atoms with Crippen LogP contribution in [0.2, 0.25) is 0 Å². The number of hydrogen-bond donors (Lipinski definition) is 2. The van der Waals surface area contributed by atoms with E-state index < -0.39 is 5.60 Å². The third-order valence-electron chi connectivity index (χ3n) is 3.57. The van der Waals surface area contributed by atoms with Crippen molar-refractivity contribution in [2.24, 2.45) is 0 Å². The summed E-state index contributed by atoms with van der Waals surface area (Å²) >= 11 is 0. The van der Waals surface area contributed by atoms with Crippen molar-refractivity contribution in [3.8, 4) is 6.07 Å². The fraction of sp³-hybridized carbons (Fsp3) is 0.375. The second-order valence-electron chi connectivity index (χ2n) is 5.22. The van der Waals surface area contributed by atoms with E-state index in [2.05, 4.69) is 11.4 Å². The van der Waals surface area contributed by atoms with Gasteiger partial charge < -0.3 is 10.4 Å². The molecule has 0 radical (unpaired) electrons. The van der Waals surface area contributed by atoms with Crippen molar-refractivity contribution in [2.75, 3.05) is 6.54 Å². The van der Waals surface area contributed by atoms with Crippen LogP contribution in [-0.2, 0) is 4.79 Å². The Bertz CT molecular complexity index is 552. The Labute approximate surface area is 118 Å². The fourth-order valence-corrected chi connectivity index (χ4v) is 2.40. The maximum atomic E-state index is 11.7. The van der Waals surface area contributed by atoms with Gasteiger partial charge >= 0.3 is 0 Å². The van der Waals surface area contributed by atoms with Crippen molar-refractivity contribution in [3.63, 3.8) is 0 Å². The molecule has 20 heavy (non-hydrogen) atoms. The van der Waals surface area contributed by atoms with Gasteiger partial charge in [-0.1, -0.05) is 25.0 Å². The van der Waals surface area contributed by atoms with E-state index in [1.165, 1.54) is 6.08 Å². The lowest BCUT2D eigenvalue weighted by Crippen LogP contribution is -2.40. The third kappa shape index (κ3) is 3.94. The zero-order chi connectivity index (χ0) is 14.4. The van der Waals surface area contributed by atoms with E-state index in [0.717, 1.165) is 31.2 Å². The molecular formula is C16H18N2O2. The molecule has 0 saturated heterocycles. The fourth-order valence-electron chi connectivity index (χ4n) is 2.40. The molecule has 0 unspecified atom stereocenters. The highest BCUT2D eigenvalue weighted by Gasteiger charge is 2.30. The number of aliphatic hydroxyl groups is 1. The van der Waals surface area contributed by atoms with Gasteiger partial charge in [-0.05, 0) is 36.6 Å². The minimum absolute atomic E-state index is 0.229. The van der Waals surface area contributed by atoms with E-state index in [0.29, 0.717) is 12.1 Å². The molecule has 1 fully saturated rings. The monoisotopic (exact) mass is 270 g/mol. The molecule has 1 aromatic carbocycles. The molecular weight excluding hydrogens is 252 g/mol. The number of nitrogens with zero attached hydrogens (tertiary/aromatic N) is 1. The molecule has 1 aromatic rings. The van der Waals surface area contributed by atoms with Crippen LogP contribution in [0.25, 0.3) is 6.08 Å². The molecule has 104 valence electrons. The van der Waals surface area contributed by atoms with Gasteiger partial charge in [0.1, 0.15) is 0 Å². The van der Waals surface area contributed by atoms with Crippen LogP contribution in [0.4, 0.5) is 0 Å². The Hall–Kier alpha value is -2.12. The molecule has 0 aromatic heterocycles. The van der Waals surface area contributed by atoms with Gasteiger partial charge in [0.25, 0.3) is 0 Å². The summed E-state index contributed by atoms with van der Waals surface area (Å²) in [5, 5.41) is 21.6. The summed E-state index contributed by atoms with van der Waals surface area (Å²) < 4.78 is 0. The molecule has 0 heterocycles. The van der Waals surface area contributed by atoms with Gasteiger partial charge in [0.2, 0.25) is 5.91 Å². The summed E-state index contributed by atoms with van der Waals surface area (Å²) in [5.41, 5.74) is 0.635. The molecule has 1 amide bonds. The molecule has 4 heteroatoms. The van der Waals surface area contributed by atoms with Crippen molar-refractivity contribution in [3.05, 3.63) is 41.5 Å². The lowest BCUT2D eigenvalue weighted by atomic mass is 10.0. The Kier molecular flexibility index (Phi) is 4.54. The maximum Gasteiger partial charge on any atom is 0.244 e. The van der Waals surface area contributed by atoms with Crippen molar-refractivity contribution in [2.45, 2.75) is 31.3 Å². The normalized spacial score (nSPS) is 17.0. The van der Waals surface area contributed by atoms with E-state index in [-0.39, 0.29) is 5.91 Å². The van der Waals surface area contributed by atoms with Gasteiger partial charge in [-0.25, -0.2) is 0 Å². The number of rotatable bonds is 4. The average Bonchev–Trinajstić information content (AvgIpc) is 2.90. The van der Waals surface area contributed by atoms with Crippen LogP contribution >= 0.6 is 0 Å². The highest BCUT2D eigenvalue weighted by molar-refractivity contribution is 5.91. The van der Waals surface area contributed by atoms with Crippen LogP contribution < -0.4 is 5.32 Å². The number of amides is 1. The van der Waals surface area contributed by atoms with Gasteiger partial charge in [0, 0.05) is 12.6 Å². The first-order chi connectivity index (χ1) is 9.61. The molecule has 1 saturated carbocycles. The molecule has 0 aliphatic heterocycles. The van der Waals surface area contributed by atoms with Gasteiger partial charge in [0.05, 0.1) is 17.2 Å². The maximum absolute atomic E-state index is 11.7. The molecule has 2 N–H and O–H groups in total. The zero-order valence-corrected chi connectivity index (χ0v) is 11.3. The first-order valence-electron chi connectivity index (χ1n) is 6.80. The van der Waals surface area contributed by atoms with E-state index in [1.54, 1.807) is 24.3 Å². The van der Waals surface area contributed by atoms with E-state index in [9.17, 15) is 9.90 Å². The first-order valence-corrected chi connectivity index (χ1v) is 6.80. The molecule has 1 aliphatic rings. The molecule has 0 bridgehead atoms. The van der Waals surface area contributed by atoms with Gasteiger partial charge in [-0.3, -0.25) is 4.79 Å². The average molecular weight is 270 g/mol. The Morgan fingerprint density at radius 1 is 1.45 bits per heavy atom. The van der Waals surface area contributed by atoms with Crippen LogP contribution in [0.5, 0.6) is 0 Å². The van der Waals surface area contributed by atoms with Crippen LogP contribution in [-0.4, -0.2) is 23.2 Å². The number of nitrogens with one attached hydrogen (secondary N) is 1. The Morgan fingerprint density at radius 2 is 2.20 bits per heavy atom. The van der Waals surface area contributed by atoms with E-state index in [4.69, 9.17) is 5.26 Å². The SMILES string of the molecule is N#Cc1cccc(/C=C/C(=O)NCC2(O)CCCC2)c1. The first kappa shape index (κ1) is 14.3. The van der Waals surface area contributed by atoms with Crippen LogP contribution in [0.1, 0.15) is 36.8 Å². The Morgan fingerprint density at radius 3 is 2.90 bits per heavy atom.